The largest absolute Gasteiger partial charge is 0.444 e. The number of nitrogens with zero attached hydrogens (tertiary/aromatic N) is 1. The minimum atomic E-state index is -0.593. The molecule has 3 amide bonds. The summed E-state index contributed by atoms with van der Waals surface area (Å²) in [7, 11) is 0. The van der Waals surface area contributed by atoms with Crippen molar-refractivity contribution in [3.8, 4) is 0 Å². The van der Waals surface area contributed by atoms with E-state index in [1.807, 2.05) is 20.8 Å². The van der Waals surface area contributed by atoms with E-state index in [-0.39, 0.29) is 17.9 Å². The van der Waals surface area contributed by atoms with Crippen molar-refractivity contribution in [3.63, 3.8) is 0 Å². The maximum absolute atomic E-state index is 12.6. The van der Waals surface area contributed by atoms with Gasteiger partial charge in [-0.1, -0.05) is 32.1 Å². The highest BCUT2D eigenvalue weighted by Crippen LogP contribution is 2.27. The maximum Gasteiger partial charge on any atom is 0.410 e. The lowest BCUT2D eigenvalue weighted by Gasteiger charge is -2.33. The molecule has 7 heteroatoms. The molecule has 1 unspecified atom stereocenters. The van der Waals surface area contributed by atoms with Crippen molar-refractivity contribution in [2.45, 2.75) is 83.8 Å². The standard InChI is InChI=1S/C20H35N3O4/c1-20(2,3)27-19(26)23-11-9-15(10-12-23)18(25)22-16(17(21)24)13-14-7-5-4-6-8-14/h14-16H,4-13H2,1-3H3,(H2,21,24)(H,22,25). The number of nitrogens with two attached hydrogens (primary N) is 1. The molecule has 154 valence electrons. The second kappa shape index (κ2) is 9.42. The van der Waals surface area contributed by atoms with Crippen LogP contribution in [-0.4, -0.2) is 47.5 Å². The van der Waals surface area contributed by atoms with Crippen LogP contribution in [0.25, 0.3) is 0 Å². The molecule has 0 radical (unpaired) electrons. The predicted octanol–water partition coefficient (Wildman–Crippen LogP) is 2.57. The number of hydrogen-bond donors (Lipinski definition) is 2. The Morgan fingerprint density at radius 3 is 2.19 bits per heavy atom. The van der Waals surface area contributed by atoms with Crippen molar-refractivity contribution in [1.82, 2.24) is 10.2 Å². The molecule has 7 nitrogen and oxygen atoms in total. The summed E-state index contributed by atoms with van der Waals surface area (Å²) in [5, 5.41) is 2.87. The number of carbonyl (C=O) groups is 3. The highest BCUT2D eigenvalue weighted by Gasteiger charge is 2.32. The van der Waals surface area contributed by atoms with E-state index in [0.717, 1.165) is 12.8 Å². The van der Waals surface area contributed by atoms with Gasteiger partial charge in [-0.05, 0) is 46.0 Å². The predicted molar refractivity (Wildman–Crippen MR) is 103 cm³/mol. The highest BCUT2D eigenvalue weighted by atomic mass is 16.6. The van der Waals surface area contributed by atoms with Crippen LogP contribution in [0.15, 0.2) is 0 Å². The summed E-state index contributed by atoms with van der Waals surface area (Å²) in [6, 6.07) is -0.593. The normalized spacial score (nSPS) is 20.8. The van der Waals surface area contributed by atoms with Crippen molar-refractivity contribution >= 4 is 17.9 Å². The number of primary amides is 1. The second-order valence-electron chi connectivity index (χ2n) is 8.94. The molecule has 2 rings (SSSR count). The Morgan fingerprint density at radius 1 is 1.07 bits per heavy atom. The van der Waals surface area contributed by atoms with E-state index in [9.17, 15) is 14.4 Å². The van der Waals surface area contributed by atoms with Crippen LogP contribution in [0, 0.1) is 11.8 Å². The van der Waals surface area contributed by atoms with Crippen LogP contribution in [0.1, 0.15) is 72.1 Å². The Balaban J connectivity index is 1.81. The number of carbonyl (C=O) groups excluding carboxylic acids is 3. The number of hydrogen-bond acceptors (Lipinski definition) is 4. The van der Waals surface area contributed by atoms with Crippen molar-refractivity contribution in [2.75, 3.05) is 13.1 Å². The smallest absolute Gasteiger partial charge is 0.410 e. The molecular formula is C20H35N3O4. The number of ether oxygens (including phenoxy) is 1. The first-order chi connectivity index (χ1) is 12.7. The summed E-state index contributed by atoms with van der Waals surface area (Å²) >= 11 is 0. The fourth-order valence-electron chi connectivity index (χ4n) is 3.94. The van der Waals surface area contributed by atoms with Gasteiger partial charge in [0.2, 0.25) is 11.8 Å². The summed E-state index contributed by atoms with van der Waals surface area (Å²) in [4.78, 5) is 38.2. The van der Waals surface area contributed by atoms with Gasteiger partial charge in [-0.25, -0.2) is 4.79 Å². The average molecular weight is 382 g/mol. The minimum Gasteiger partial charge on any atom is -0.444 e. The second-order valence-corrected chi connectivity index (χ2v) is 8.94. The van der Waals surface area contributed by atoms with E-state index in [2.05, 4.69) is 5.32 Å². The summed E-state index contributed by atoms with van der Waals surface area (Å²) in [6.07, 6.45) is 7.27. The SMILES string of the molecule is CC(C)(C)OC(=O)N1CCC(C(=O)NC(CC2CCCCC2)C(N)=O)CC1. The first kappa shape index (κ1) is 21.5. The van der Waals surface area contributed by atoms with E-state index in [1.54, 1.807) is 4.90 Å². The Hall–Kier alpha value is -1.79. The zero-order valence-electron chi connectivity index (χ0n) is 17.0. The quantitative estimate of drug-likeness (QED) is 0.764. The molecule has 2 fully saturated rings. The molecule has 3 N–H and O–H groups in total. The number of likely N-dealkylation sites (tertiary alicyclic amines) is 1. The summed E-state index contributed by atoms with van der Waals surface area (Å²) in [5.41, 5.74) is 5.00. The summed E-state index contributed by atoms with van der Waals surface area (Å²) < 4.78 is 5.38. The van der Waals surface area contributed by atoms with E-state index >= 15 is 0 Å². The fraction of sp³-hybridized carbons (Fsp3) is 0.850. The number of amides is 3. The molecular weight excluding hydrogens is 346 g/mol. The van der Waals surface area contributed by atoms with E-state index in [4.69, 9.17) is 10.5 Å². The topological polar surface area (TPSA) is 102 Å². The van der Waals surface area contributed by atoms with Crippen LogP contribution >= 0.6 is 0 Å². The molecule has 27 heavy (non-hydrogen) atoms. The maximum atomic E-state index is 12.6. The lowest BCUT2D eigenvalue weighted by atomic mass is 9.84. The summed E-state index contributed by atoms with van der Waals surface area (Å²) in [5.74, 6) is -0.318. The monoisotopic (exact) mass is 381 g/mol. The molecule has 0 bridgehead atoms. The van der Waals surface area contributed by atoms with Crippen LogP contribution in [0.3, 0.4) is 0 Å². The van der Waals surface area contributed by atoms with Gasteiger partial charge in [0.1, 0.15) is 11.6 Å². The Labute approximate surface area is 162 Å². The van der Waals surface area contributed by atoms with Gasteiger partial charge in [-0.3, -0.25) is 9.59 Å². The number of rotatable bonds is 5. The van der Waals surface area contributed by atoms with Gasteiger partial charge in [-0.15, -0.1) is 0 Å². The lowest BCUT2D eigenvalue weighted by Crippen LogP contribution is -2.50. The summed E-state index contributed by atoms with van der Waals surface area (Å²) in [6.45, 7) is 6.47. The van der Waals surface area contributed by atoms with Crippen LogP contribution in [-0.2, 0) is 14.3 Å². The first-order valence-electron chi connectivity index (χ1n) is 10.2. The fourth-order valence-corrected chi connectivity index (χ4v) is 3.94. The van der Waals surface area contributed by atoms with Gasteiger partial charge < -0.3 is 20.7 Å². The van der Waals surface area contributed by atoms with Crippen LogP contribution in [0.4, 0.5) is 4.79 Å². The molecule has 1 aliphatic heterocycles. The molecule has 0 aromatic carbocycles. The van der Waals surface area contributed by atoms with Gasteiger partial charge in [0.05, 0.1) is 0 Å². The molecule has 0 aromatic rings. The van der Waals surface area contributed by atoms with Gasteiger partial charge in [-0.2, -0.15) is 0 Å². The molecule has 0 aromatic heterocycles. The Kier molecular flexibility index (Phi) is 7.50. The molecule has 1 atom stereocenters. The molecule has 1 saturated carbocycles. The third kappa shape index (κ3) is 7.03. The van der Waals surface area contributed by atoms with Gasteiger partial charge in [0.15, 0.2) is 0 Å². The van der Waals surface area contributed by atoms with Crippen LogP contribution in [0.5, 0.6) is 0 Å². The minimum absolute atomic E-state index is 0.126. The number of nitrogens with one attached hydrogen (secondary N) is 1. The van der Waals surface area contributed by atoms with Crippen molar-refractivity contribution in [3.05, 3.63) is 0 Å². The molecule has 1 aliphatic carbocycles. The van der Waals surface area contributed by atoms with Crippen molar-refractivity contribution < 1.29 is 19.1 Å². The third-order valence-corrected chi connectivity index (χ3v) is 5.47. The molecule has 2 aliphatic rings. The van der Waals surface area contributed by atoms with E-state index in [1.165, 1.54) is 19.3 Å². The van der Waals surface area contributed by atoms with Crippen molar-refractivity contribution in [1.29, 1.82) is 0 Å². The lowest BCUT2D eigenvalue weighted by molar-refractivity contribution is -0.131. The molecule has 0 spiro atoms. The van der Waals surface area contributed by atoms with Gasteiger partial charge in [0, 0.05) is 19.0 Å². The zero-order chi connectivity index (χ0) is 20.0. The Morgan fingerprint density at radius 2 is 1.67 bits per heavy atom. The Bertz CT molecular complexity index is 530. The van der Waals surface area contributed by atoms with E-state index < -0.39 is 17.6 Å². The van der Waals surface area contributed by atoms with Crippen LogP contribution < -0.4 is 11.1 Å². The van der Waals surface area contributed by atoms with Gasteiger partial charge in [0.25, 0.3) is 0 Å². The zero-order valence-corrected chi connectivity index (χ0v) is 17.0. The number of piperidine rings is 1. The highest BCUT2D eigenvalue weighted by molar-refractivity contribution is 5.87. The third-order valence-electron chi connectivity index (χ3n) is 5.47. The first-order valence-corrected chi connectivity index (χ1v) is 10.2. The van der Waals surface area contributed by atoms with Crippen LogP contribution in [0.2, 0.25) is 0 Å². The molecule has 1 heterocycles. The molecule has 1 saturated heterocycles. The van der Waals surface area contributed by atoms with E-state index in [0.29, 0.717) is 38.3 Å². The van der Waals surface area contributed by atoms with Crippen molar-refractivity contribution in [2.24, 2.45) is 17.6 Å². The van der Waals surface area contributed by atoms with Gasteiger partial charge >= 0.3 is 6.09 Å². The average Bonchev–Trinajstić information content (AvgIpc) is 2.60.